The van der Waals surface area contributed by atoms with Gasteiger partial charge in [0.1, 0.15) is 0 Å². The summed E-state index contributed by atoms with van der Waals surface area (Å²) in [6, 6.07) is 0. The highest BCUT2D eigenvalue weighted by Gasteiger charge is 2.29. The van der Waals surface area contributed by atoms with Gasteiger partial charge >= 0.3 is 0 Å². The molecule has 1 fully saturated rings. The lowest BCUT2D eigenvalue weighted by Gasteiger charge is -2.27. The highest BCUT2D eigenvalue weighted by atomic mass is 16.3. The maximum absolute atomic E-state index is 12.1. The lowest BCUT2D eigenvalue weighted by molar-refractivity contribution is -0.126. The van der Waals surface area contributed by atoms with Gasteiger partial charge in [-0.05, 0) is 25.7 Å². The van der Waals surface area contributed by atoms with Crippen LogP contribution in [0.25, 0.3) is 0 Å². The van der Waals surface area contributed by atoms with Crippen LogP contribution in [-0.2, 0) is 4.79 Å². The summed E-state index contributed by atoms with van der Waals surface area (Å²) in [7, 11) is 0. The SMILES string of the molecule is CCCCC(CC)C(=O)NCC1(O)CCCCCC1. The summed E-state index contributed by atoms with van der Waals surface area (Å²) in [5, 5.41) is 13.5. The van der Waals surface area contributed by atoms with E-state index in [0.717, 1.165) is 51.4 Å². The Bertz CT molecular complexity index is 257. The van der Waals surface area contributed by atoms with E-state index in [9.17, 15) is 9.90 Å². The molecule has 0 aromatic rings. The number of amides is 1. The minimum absolute atomic E-state index is 0.120. The molecule has 1 saturated carbocycles. The number of carbonyl (C=O) groups is 1. The van der Waals surface area contributed by atoms with Crippen molar-refractivity contribution in [3.05, 3.63) is 0 Å². The van der Waals surface area contributed by atoms with Crippen molar-refractivity contribution in [3.63, 3.8) is 0 Å². The van der Waals surface area contributed by atoms with Crippen molar-refractivity contribution in [2.45, 2.75) is 83.7 Å². The second-order valence-corrected chi connectivity index (χ2v) is 6.10. The topological polar surface area (TPSA) is 49.3 Å². The van der Waals surface area contributed by atoms with E-state index in [2.05, 4.69) is 19.2 Å². The van der Waals surface area contributed by atoms with Crippen molar-refractivity contribution in [3.8, 4) is 0 Å². The molecule has 3 nitrogen and oxygen atoms in total. The maximum atomic E-state index is 12.1. The fourth-order valence-corrected chi connectivity index (χ4v) is 2.93. The van der Waals surface area contributed by atoms with Crippen molar-refractivity contribution >= 4 is 5.91 Å². The first-order valence-corrected chi connectivity index (χ1v) is 8.11. The molecule has 0 bridgehead atoms. The molecule has 0 heterocycles. The fourth-order valence-electron chi connectivity index (χ4n) is 2.93. The Morgan fingerprint density at radius 2 is 1.84 bits per heavy atom. The average Bonchev–Trinajstić information content (AvgIpc) is 2.63. The molecule has 1 aliphatic rings. The number of hydrogen-bond acceptors (Lipinski definition) is 2. The zero-order valence-corrected chi connectivity index (χ0v) is 12.7. The fraction of sp³-hybridized carbons (Fsp3) is 0.938. The van der Waals surface area contributed by atoms with Gasteiger partial charge in [0.05, 0.1) is 5.60 Å². The number of unbranched alkanes of at least 4 members (excludes halogenated alkanes) is 1. The first kappa shape index (κ1) is 16.5. The lowest BCUT2D eigenvalue weighted by atomic mass is 9.93. The molecule has 0 aliphatic heterocycles. The van der Waals surface area contributed by atoms with Gasteiger partial charge in [0.15, 0.2) is 0 Å². The van der Waals surface area contributed by atoms with Crippen LogP contribution in [0.3, 0.4) is 0 Å². The minimum Gasteiger partial charge on any atom is -0.388 e. The normalized spacial score (nSPS) is 20.6. The third-order valence-electron chi connectivity index (χ3n) is 4.40. The molecule has 112 valence electrons. The van der Waals surface area contributed by atoms with E-state index >= 15 is 0 Å². The number of hydrogen-bond donors (Lipinski definition) is 2. The van der Waals surface area contributed by atoms with Crippen LogP contribution >= 0.6 is 0 Å². The second-order valence-electron chi connectivity index (χ2n) is 6.10. The first-order chi connectivity index (χ1) is 9.11. The predicted octanol–water partition coefficient (Wildman–Crippen LogP) is 3.40. The largest absolute Gasteiger partial charge is 0.388 e. The van der Waals surface area contributed by atoms with Crippen LogP contribution in [0.1, 0.15) is 78.1 Å². The summed E-state index contributed by atoms with van der Waals surface area (Å²) in [4.78, 5) is 12.1. The van der Waals surface area contributed by atoms with Crippen LogP contribution in [0.15, 0.2) is 0 Å². The highest BCUT2D eigenvalue weighted by molar-refractivity contribution is 5.78. The Hall–Kier alpha value is -0.570. The van der Waals surface area contributed by atoms with Crippen LogP contribution in [0.5, 0.6) is 0 Å². The summed E-state index contributed by atoms with van der Waals surface area (Å²) in [5.41, 5.74) is -0.658. The molecule has 0 spiro atoms. The quantitative estimate of drug-likeness (QED) is 0.696. The molecule has 1 atom stereocenters. The zero-order chi connectivity index (χ0) is 14.1. The number of nitrogens with one attached hydrogen (secondary N) is 1. The molecule has 2 N–H and O–H groups in total. The number of carbonyl (C=O) groups excluding carboxylic acids is 1. The molecule has 1 unspecified atom stereocenters. The van der Waals surface area contributed by atoms with Crippen LogP contribution in [0, 0.1) is 5.92 Å². The van der Waals surface area contributed by atoms with Gasteiger partial charge in [-0.3, -0.25) is 4.79 Å². The Labute approximate surface area is 118 Å². The third-order valence-corrected chi connectivity index (χ3v) is 4.40. The molecule has 0 aromatic carbocycles. The van der Waals surface area contributed by atoms with Crippen molar-refractivity contribution in [2.75, 3.05) is 6.54 Å². The van der Waals surface area contributed by atoms with Gasteiger partial charge in [-0.25, -0.2) is 0 Å². The van der Waals surface area contributed by atoms with Gasteiger partial charge in [0.25, 0.3) is 0 Å². The average molecular weight is 269 g/mol. The van der Waals surface area contributed by atoms with E-state index in [1.54, 1.807) is 0 Å². The van der Waals surface area contributed by atoms with Gasteiger partial charge < -0.3 is 10.4 Å². The van der Waals surface area contributed by atoms with Crippen LogP contribution in [0.4, 0.5) is 0 Å². The van der Waals surface area contributed by atoms with E-state index in [-0.39, 0.29) is 11.8 Å². The van der Waals surface area contributed by atoms with Crippen LogP contribution in [0.2, 0.25) is 0 Å². The summed E-state index contributed by atoms with van der Waals surface area (Å²) in [6.45, 7) is 4.66. The molecule has 1 aliphatic carbocycles. The molecule has 19 heavy (non-hydrogen) atoms. The van der Waals surface area contributed by atoms with Crippen molar-refractivity contribution in [1.29, 1.82) is 0 Å². The summed E-state index contributed by atoms with van der Waals surface area (Å²) < 4.78 is 0. The molecule has 0 aromatic heterocycles. The lowest BCUT2D eigenvalue weighted by Crippen LogP contribution is -2.44. The zero-order valence-electron chi connectivity index (χ0n) is 12.7. The first-order valence-electron chi connectivity index (χ1n) is 8.11. The van der Waals surface area contributed by atoms with Crippen molar-refractivity contribution in [2.24, 2.45) is 5.92 Å². The third kappa shape index (κ3) is 5.94. The molecule has 0 radical (unpaired) electrons. The summed E-state index contributed by atoms with van der Waals surface area (Å²) in [6.07, 6.45) is 10.4. The van der Waals surface area contributed by atoms with E-state index in [1.165, 1.54) is 12.8 Å². The highest BCUT2D eigenvalue weighted by Crippen LogP contribution is 2.26. The molecular formula is C16H31NO2. The van der Waals surface area contributed by atoms with Gasteiger partial charge in [-0.15, -0.1) is 0 Å². The molecular weight excluding hydrogens is 238 g/mol. The van der Waals surface area contributed by atoms with Gasteiger partial charge in [0.2, 0.25) is 5.91 Å². The van der Waals surface area contributed by atoms with Gasteiger partial charge in [-0.1, -0.05) is 52.4 Å². The van der Waals surface area contributed by atoms with Gasteiger partial charge in [0, 0.05) is 12.5 Å². The van der Waals surface area contributed by atoms with Crippen molar-refractivity contribution < 1.29 is 9.90 Å². The predicted molar refractivity (Wildman–Crippen MR) is 79.0 cm³/mol. The molecule has 1 rings (SSSR count). The standard InChI is InChI=1S/C16H31NO2/c1-3-5-10-14(4-2)15(18)17-13-16(19)11-8-6-7-9-12-16/h14,19H,3-13H2,1-2H3,(H,17,18). The van der Waals surface area contributed by atoms with Crippen LogP contribution < -0.4 is 5.32 Å². The Kier molecular flexibility index (Phi) is 7.44. The molecule has 0 saturated heterocycles. The minimum atomic E-state index is -0.658. The second kappa shape index (κ2) is 8.57. The summed E-state index contributed by atoms with van der Waals surface area (Å²) in [5.74, 6) is 0.253. The maximum Gasteiger partial charge on any atom is 0.223 e. The van der Waals surface area contributed by atoms with E-state index in [0.29, 0.717) is 6.54 Å². The Morgan fingerprint density at radius 3 is 2.37 bits per heavy atom. The van der Waals surface area contributed by atoms with Crippen LogP contribution in [-0.4, -0.2) is 23.2 Å². The monoisotopic (exact) mass is 269 g/mol. The van der Waals surface area contributed by atoms with Crippen molar-refractivity contribution in [1.82, 2.24) is 5.32 Å². The Balaban J connectivity index is 2.38. The van der Waals surface area contributed by atoms with E-state index < -0.39 is 5.60 Å². The van der Waals surface area contributed by atoms with E-state index in [1.807, 2.05) is 0 Å². The molecule has 3 heteroatoms. The summed E-state index contributed by atoms with van der Waals surface area (Å²) >= 11 is 0. The smallest absolute Gasteiger partial charge is 0.223 e. The molecule has 1 amide bonds. The van der Waals surface area contributed by atoms with E-state index in [4.69, 9.17) is 0 Å². The number of rotatable bonds is 7. The number of aliphatic hydroxyl groups is 1. The Morgan fingerprint density at radius 1 is 1.21 bits per heavy atom. The van der Waals surface area contributed by atoms with Gasteiger partial charge in [-0.2, -0.15) is 0 Å².